The van der Waals surface area contributed by atoms with E-state index in [1.807, 2.05) is 12.1 Å². The number of alkyl halides is 2. The Bertz CT molecular complexity index is 420. The average Bonchev–Trinajstić information content (AvgIpc) is 2.55. The third kappa shape index (κ3) is 1.56. The lowest BCUT2D eigenvalue weighted by Crippen LogP contribution is -1.79. The van der Waals surface area contributed by atoms with Crippen LogP contribution in [0.5, 0.6) is 0 Å². The van der Waals surface area contributed by atoms with E-state index in [-0.39, 0.29) is 0 Å². The summed E-state index contributed by atoms with van der Waals surface area (Å²) in [5.74, 6) is 1.10. The van der Waals surface area contributed by atoms with Crippen LogP contribution in [0.3, 0.4) is 0 Å². The van der Waals surface area contributed by atoms with Gasteiger partial charge in [-0.2, -0.15) is 0 Å². The van der Waals surface area contributed by atoms with Gasteiger partial charge in [-0.1, -0.05) is 18.2 Å². The highest BCUT2D eigenvalue weighted by Crippen LogP contribution is 2.33. The van der Waals surface area contributed by atoms with E-state index in [1.165, 1.54) is 20.5 Å². The maximum absolute atomic E-state index is 5.88. The Morgan fingerprint density at radius 1 is 1.08 bits per heavy atom. The van der Waals surface area contributed by atoms with E-state index >= 15 is 0 Å². The highest BCUT2D eigenvalue weighted by atomic mass is 35.5. The second-order valence-electron chi connectivity index (χ2n) is 2.77. The first-order valence-electron chi connectivity index (χ1n) is 3.98. The van der Waals surface area contributed by atoms with Crippen LogP contribution in [0.1, 0.15) is 10.4 Å². The van der Waals surface area contributed by atoms with Gasteiger partial charge in [0.05, 0.1) is 5.88 Å². The fourth-order valence-corrected chi connectivity index (χ4v) is 3.19. The molecular formula is C10H8Cl2S. The lowest BCUT2D eigenvalue weighted by molar-refractivity contribution is 1.37. The minimum Gasteiger partial charge on any atom is -0.139 e. The summed E-state index contributed by atoms with van der Waals surface area (Å²) in [5.41, 5.74) is 1.19. The highest BCUT2D eigenvalue weighted by Gasteiger charge is 2.08. The minimum atomic E-state index is 0.548. The molecule has 1 heterocycles. The molecule has 68 valence electrons. The van der Waals surface area contributed by atoms with Crippen molar-refractivity contribution >= 4 is 44.6 Å². The topological polar surface area (TPSA) is 0 Å². The summed E-state index contributed by atoms with van der Waals surface area (Å²) >= 11 is 13.4. The van der Waals surface area contributed by atoms with E-state index in [1.54, 1.807) is 11.3 Å². The van der Waals surface area contributed by atoms with Gasteiger partial charge in [0.25, 0.3) is 0 Å². The molecule has 0 aliphatic heterocycles. The maximum atomic E-state index is 5.88. The van der Waals surface area contributed by atoms with E-state index in [0.717, 1.165) is 0 Å². The molecule has 0 atom stereocenters. The standard InChI is InChI=1S/C10H8Cl2S/c11-5-8-7-3-1-2-4-9(7)13-10(8)6-12/h1-4H,5-6H2. The van der Waals surface area contributed by atoms with Gasteiger partial charge in [-0.05, 0) is 17.0 Å². The van der Waals surface area contributed by atoms with Gasteiger partial charge in [0.2, 0.25) is 0 Å². The average molecular weight is 231 g/mol. The van der Waals surface area contributed by atoms with Gasteiger partial charge in [0.15, 0.2) is 0 Å². The van der Waals surface area contributed by atoms with E-state index in [4.69, 9.17) is 23.2 Å². The van der Waals surface area contributed by atoms with Gasteiger partial charge in [0.1, 0.15) is 0 Å². The van der Waals surface area contributed by atoms with Crippen LogP contribution in [0.4, 0.5) is 0 Å². The second kappa shape index (κ2) is 3.87. The van der Waals surface area contributed by atoms with Crippen LogP contribution in [-0.4, -0.2) is 0 Å². The van der Waals surface area contributed by atoms with Gasteiger partial charge in [-0.25, -0.2) is 0 Å². The van der Waals surface area contributed by atoms with Gasteiger partial charge in [0, 0.05) is 15.5 Å². The highest BCUT2D eigenvalue weighted by molar-refractivity contribution is 7.19. The molecule has 0 amide bonds. The molecule has 2 rings (SSSR count). The summed E-state index contributed by atoms with van der Waals surface area (Å²) in [6, 6.07) is 8.27. The summed E-state index contributed by atoms with van der Waals surface area (Å²) in [4.78, 5) is 1.19. The zero-order valence-corrected chi connectivity index (χ0v) is 9.22. The Balaban J connectivity index is 2.73. The van der Waals surface area contributed by atoms with Crippen LogP contribution in [0.2, 0.25) is 0 Å². The number of hydrogen-bond acceptors (Lipinski definition) is 1. The number of halogens is 2. The fourth-order valence-electron chi connectivity index (χ4n) is 1.40. The monoisotopic (exact) mass is 230 g/mol. The number of benzene rings is 1. The van der Waals surface area contributed by atoms with Crippen molar-refractivity contribution in [2.45, 2.75) is 11.8 Å². The number of fused-ring (bicyclic) bond motifs is 1. The quantitative estimate of drug-likeness (QED) is 0.673. The molecule has 3 heteroatoms. The second-order valence-corrected chi connectivity index (χ2v) is 4.44. The first kappa shape index (κ1) is 9.32. The largest absolute Gasteiger partial charge is 0.139 e. The third-order valence-electron chi connectivity index (χ3n) is 2.04. The van der Waals surface area contributed by atoms with E-state index < -0.39 is 0 Å². The summed E-state index contributed by atoms with van der Waals surface area (Å²) in [6.07, 6.45) is 0. The molecule has 0 saturated carbocycles. The van der Waals surface area contributed by atoms with Crippen molar-refractivity contribution in [3.63, 3.8) is 0 Å². The molecular weight excluding hydrogens is 223 g/mol. The predicted octanol–water partition coefficient (Wildman–Crippen LogP) is 4.38. The van der Waals surface area contributed by atoms with Crippen LogP contribution in [0, 0.1) is 0 Å². The summed E-state index contributed by atoms with van der Waals surface area (Å²) in [7, 11) is 0. The summed E-state index contributed by atoms with van der Waals surface area (Å²) < 4.78 is 1.27. The third-order valence-corrected chi connectivity index (χ3v) is 3.94. The van der Waals surface area contributed by atoms with E-state index in [0.29, 0.717) is 11.8 Å². The Morgan fingerprint density at radius 3 is 2.54 bits per heavy atom. The smallest absolute Gasteiger partial charge is 0.0571 e. The van der Waals surface area contributed by atoms with Gasteiger partial charge in [-0.15, -0.1) is 34.5 Å². The minimum absolute atomic E-state index is 0.548. The van der Waals surface area contributed by atoms with Crippen LogP contribution in [-0.2, 0) is 11.8 Å². The molecule has 1 aromatic carbocycles. The van der Waals surface area contributed by atoms with E-state index in [9.17, 15) is 0 Å². The zero-order chi connectivity index (χ0) is 9.26. The first-order chi connectivity index (χ1) is 6.36. The maximum Gasteiger partial charge on any atom is 0.0571 e. The number of rotatable bonds is 2. The molecule has 0 fully saturated rings. The SMILES string of the molecule is ClCc1sc2ccccc2c1CCl. The lowest BCUT2D eigenvalue weighted by atomic mass is 10.1. The van der Waals surface area contributed by atoms with Crippen molar-refractivity contribution in [2.24, 2.45) is 0 Å². The summed E-state index contributed by atoms with van der Waals surface area (Å²) in [5, 5.41) is 1.25. The first-order valence-corrected chi connectivity index (χ1v) is 5.86. The number of thiophene rings is 1. The molecule has 0 aliphatic carbocycles. The number of hydrogen-bond donors (Lipinski definition) is 0. The van der Waals surface area contributed by atoms with E-state index in [2.05, 4.69) is 12.1 Å². The van der Waals surface area contributed by atoms with Crippen molar-refractivity contribution < 1.29 is 0 Å². The van der Waals surface area contributed by atoms with Gasteiger partial charge < -0.3 is 0 Å². The Labute approximate surface area is 91.1 Å². The normalized spacial score (nSPS) is 10.9. The van der Waals surface area contributed by atoms with Crippen LogP contribution in [0.25, 0.3) is 10.1 Å². The van der Waals surface area contributed by atoms with Crippen LogP contribution < -0.4 is 0 Å². The van der Waals surface area contributed by atoms with Crippen LogP contribution in [0.15, 0.2) is 24.3 Å². The molecule has 0 radical (unpaired) electrons. The molecule has 0 N–H and O–H groups in total. The van der Waals surface area contributed by atoms with Crippen LogP contribution >= 0.6 is 34.5 Å². The lowest BCUT2D eigenvalue weighted by Gasteiger charge is -1.94. The van der Waals surface area contributed by atoms with Gasteiger partial charge in [-0.3, -0.25) is 0 Å². The zero-order valence-electron chi connectivity index (χ0n) is 6.89. The summed E-state index contributed by atoms with van der Waals surface area (Å²) in [6.45, 7) is 0. The van der Waals surface area contributed by atoms with Crippen molar-refractivity contribution in [3.05, 3.63) is 34.7 Å². The molecule has 0 spiro atoms. The molecule has 0 bridgehead atoms. The molecule has 0 saturated heterocycles. The fraction of sp³-hybridized carbons (Fsp3) is 0.200. The van der Waals surface area contributed by atoms with Crippen molar-refractivity contribution in [1.82, 2.24) is 0 Å². The molecule has 0 nitrogen and oxygen atoms in total. The van der Waals surface area contributed by atoms with Crippen molar-refractivity contribution in [1.29, 1.82) is 0 Å². The Morgan fingerprint density at radius 2 is 1.85 bits per heavy atom. The predicted molar refractivity (Wildman–Crippen MR) is 60.9 cm³/mol. The molecule has 13 heavy (non-hydrogen) atoms. The Hall–Kier alpha value is -0.240. The molecule has 2 aromatic rings. The van der Waals surface area contributed by atoms with Gasteiger partial charge >= 0.3 is 0 Å². The van der Waals surface area contributed by atoms with Crippen molar-refractivity contribution in [3.8, 4) is 0 Å². The Kier molecular flexibility index (Phi) is 2.77. The molecule has 0 aliphatic rings. The molecule has 1 aromatic heterocycles. The molecule has 0 unspecified atom stereocenters. The van der Waals surface area contributed by atoms with Crippen molar-refractivity contribution in [2.75, 3.05) is 0 Å².